The number of para-hydroxylation sites is 1. The Morgan fingerprint density at radius 3 is 2.65 bits per heavy atom. The maximum atomic E-state index is 12.7. The predicted molar refractivity (Wildman–Crippen MR) is 109 cm³/mol. The third kappa shape index (κ3) is 4.17. The van der Waals surface area contributed by atoms with E-state index in [1.54, 1.807) is 11.8 Å². The Kier molecular flexibility index (Phi) is 6.12. The molecule has 5 heteroatoms. The maximum absolute atomic E-state index is 12.7. The number of hydrogen-bond donors (Lipinski definition) is 1. The van der Waals surface area contributed by atoms with Crippen LogP contribution < -0.4 is 10.1 Å². The lowest BCUT2D eigenvalue weighted by Gasteiger charge is -2.11. The zero-order chi connectivity index (χ0) is 18.4. The summed E-state index contributed by atoms with van der Waals surface area (Å²) in [4.78, 5) is 17.4. The van der Waals surface area contributed by atoms with Crippen LogP contribution in [-0.2, 0) is 0 Å². The van der Waals surface area contributed by atoms with Crippen molar-refractivity contribution in [3.8, 4) is 17.0 Å². The van der Waals surface area contributed by atoms with E-state index in [1.807, 2.05) is 67.8 Å². The fraction of sp³-hybridized carbons (Fsp3) is 0.238. The lowest BCUT2D eigenvalue weighted by atomic mass is 10.0. The van der Waals surface area contributed by atoms with Gasteiger partial charge in [-0.3, -0.25) is 4.79 Å². The second-order valence-corrected chi connectivity index (χ2v) is 6.76. The number of carbonyl (C=O) groups excluding carboxylic acids is 1. The van der Waals surface area contributed by atoms with Crippen LogP contribution in [0.4, 0.5) is 0 Å². The first kappa shape index (κ1) is 18.3. The number of rotatable bonds is 7. The molecule has 1 aromatic heterocycles. The molecule has 0 atom stereocenters. The van der Waals surface area contributed by atoms with E-state index >= 15 is 0 Å². The smallest absolute Gasteiger partial charge is 0.252 e. The first-order chi connectivity index (χ1) is 12.7. The van der Waals surface area contributed by atoms with Gasteiger partial charge in [-0.1, -0.05) is 18.2 Å². The average molecular weight is 366 g/mol. The van der Waals surface area contributed by atoms with Crippen LogP contribution in [0.1, 0.15) is 17.3 Å². The number of hydrogen-bond acceptors (Lipinski definition) is 4. The Bertz CT molecular complexity index is 894. The summed E-state index contributed by atoms with van der Waals surface area (Å²) in [6.07, 6.45) is 2.03. The van der Waals surface area contributed by atoms with Crippen molar-refractivity contribution in [1.82, 2.24) is 10.3 Å². The summed E-state index contributed by atoms with van der Waals surface area (Å²) in [5, 5.41) is 3.85. The first-order valence-corrected chi connectivity index (χ1v) is 10.0. The molecule has 3 rings (SSSR count). The van der Waals surface area contributed by atoms with Crippen molar-refractivity contribution >= 4 is 28.6 Å². The lowest BCUT2D eigenvalue weighted by molar-refractivity contribution is 0.0958. The molecule has 0 radical (unpaired) electrons. The minimum Gasteiger partial charge on any atom is -0.494 e. The van der Waals surface area contributed by atoms with Crippen LogP contribution in [0.15, 0.2) is 54.6 Å². The average Bonchev–Trinajstić information content (AvgIpc) is 2.68. The molecule has 0 spiro atoms. The highest BCUT2D eigenvalue weighted by molar-refractivity contribution is 7.98. The lowest BCUT2D eigenvalue weighted by Crippen LogP contribution is -2.26. The van der Waals surface area contributed by atoms with Crippen molar-refractivity contribution in [3.05, 3.63) is 60.2 Å². The zero-order valence-corrected chi connectivity index (χ0v) is 15.8. The van der Waals surface area contributed by atoms with Gasteiger partial charge in [0, 0.05) is 23.2 Å². The van der Waals surface area contributed by atoms with E-state index < -0.39 is 0 Å². The van der Waals surface area contributed by atoms with E-state index in [9.17, 15) is 4.79 Å². The van der Waals surface area contributed by atoms with Gasteiger partial charge in [0.15, 0.2) is 0 Å². The largest absolute Gasteiger partial charge is 0.494 e. The van der Waals surface area contributed by atoms with Crippen molar-refractivity contribution < 1.29 is 9.53 Å². The molecule has 2 aromatic carbocycles. The van der Waals surface area contributed by atoms with Gasteiger partial charge in [0.25, 0.3) is 5.91 Å². The molecule has 0 unspecified atom stereocenters. The van der Waals surface area contributed by atoms with E-state index in [0.717, 1.165) is 33.7 Å². The second kappa shape index (κ2) is 8.72. The molecular weight excluding hydrogens is 344 g/mol. The number of carbonyl (C=O) groups is 1. The van der Waals surface area contributed by atoms with E-state index in [0.29, 0.717) is 18.7 Å². The number of aromatic nitrogens is 1. The van der Waals surface area contributed by atoms with Gasteiger partial charge in [-0.2, -0.15) is 11.8 Å². The molecule has 134 valence electrons. The Morgan fingerprint density at radius 1 is 1.15 bits per heavy atom. The Morgan fingerprint density at radius 2 is 1.92 bits per heavy atom. The van der Waals surface area contributed by atoms with E-state index in [-0.39, 0.29) is 5.91 Å². The van der Waals surface area contributed by atoms with Crippen LogP contribution in [0.3, 0.4) is 0 Å². The fourth-order valence-corrected chi connectivity index (χ4v) is 3.07. The van der Waals surface area contributed by atoms with Gasteiger partial charge >= 0.3 is 0 Å². The number of thioether (sulfide) groups is 1. The SMILES string of the molecule is CCOc1ccc(-c2cc(C(=O)NCCSC)c3ccccc3n2)cc1. The number of nitrogens with zero attached hydrogens (tertiary/aromatic N) is 1. The van der Waals surface area contributed by atoms with Crippen LogP contribution >= 0.6 is 11.8 Å². The van der Waals surface area contributed by atoms with Gasteiger partial charge in [-0.15, -0.1) is 0 Å². The summed E-state index contributed by atoms with van der Waals surface area (Å²) in [7, 11) is 0. The highest BCUT2D eigenvalue weighted by atomic mass is 32.2. The van der Waals surface area contributed by atoms with Crippen LogP contribution in [0.2, 0.25) is 0 Å². The maximum Gasteiger partial charge on any atom is 0.252 e. The van der Waals surface area contributed by atoms with Crippen LogP contribution in [0.5, 0.6) is 5.75 Å². The molecule has 0 aliphatic heterocycles. The molecule has 0 aliphatic rings. The summed E-state index contributed by atoms with van der Waals surface area (Å²) in [6, 6.07) is 17.4. The number of benzene rings is 2. The molecule has 0 bridgehead atoms. The standard InChI is InChI=1S/C21H22N2O2S/c1-3-25-16-10-8-15(9-11-16)20-14-18(21(24)22-12-13-26-2)17-6-4-5-7-19(17)23-20/h4-11,14H,3,12-13H2,1-2H3,(H,22,24). The molecule has 0 saturated carbocycles. The topological polar surface area (TPSA) is 51.2 Å². The van der Waals surface area contributed by atoms with E-state index in [2.05, 4.69) is 5.32 Å². The number of amides is 1. The monoisotopic (exact) mass is 366 g/mol. The van der Waals surface area contributed by atoms with Crippen LogP contribution in [0.25, 0.3) is 22.2 Å². The highest BCUT2D eigenvalue weighted by Gasteiger charge is 2.13. The predicted octanol–water partition coefficient (Wildman–Crippen LogP) is 4.39. The van der Waals surface area contributed by atoms with Gasteiger partial charge in [0.05, 0.1) is 23.4 Å². The molecule has 1 amide bonds. The minimum atomic E-state index is -0.0650. The third-order valence-electron chi connectivity index (χ3n) is 4.01. The molecule has 1 N–H and O–H groups in total. The first-order valence-electron chi connectivity index (χ1n) is 8.63. The summed E-state index contributed by atoms with van der Waals surface area (Å²) in [5.74, 6) is 1.65. The molecule has 0 saturated heterocycles. The zero-order valence-electron chi connectivity index (χ0n) is 15.0. The normalized spacial score (nSPS) is 10.7. The number of nitrogens with one attached hydrogen (secondary N) is 1. The van der Waals surface area contributed by atoms with Crippen molar-refractivity contribution in [1.29, 1.82) is 0 Å². The van der Waals surface area contributed by atoms with Crippen molar-refractivity contribution in [3.63, 3.8) is 0 Å². The molecule has 0 fully saturated rings. The summed E-state index contributed by atoms with van der Waals surface area (Å²) in [6.45, 7) is 3.24. The van der Waals surface area contributed by atoms with Crippen molar-refractivity contribution in [2.75, 3.05) is 25.2 Å². The number of fused-ring (bicyclic) bond motifs is 1. The Balaban J connectivity index is 1.99. The third-order valence-corrected chi connectivity index (χ3v) is 4.63. The highest BCUT2D eigenvalue weighted by Crippen LogP contribution is 2.26. The fourth-order valence-electron chi connectivity index (χ4n) is 2.76. The van der Waals surface area contributed by atoms with Crippen molar-refractivity contribution in [2.45, 2.75) is 6.92 Å². The van der Waals surface area contributed by atoms with Gasteiger partial charge in [-0.25, -0.2) is 4.98 Å². The molecule has 26 heavy (non-hydrogen) atoms. The Labute approximate surface area is 158 Å². The van der Waals surface area contributed by atoms with E-state index in [1.165, 1.54) is 0 Å². The summed E-state index contributed by atoms with van der Waals surface area (Å²) in [5.41, 5.74) is 3.20. The Hall–Kier alpha value is -2.53. The molecular formula is C21H22N2O2S. The molecule has 0 aliphatic carbocycles. The van der Waals surface area contributed by atoms with Crippen LogP contribution in [-0.4, -0.2) is 36.1 Å². The molecule has 1 heterocycles. The van der Waals surface area contributed by atoms with Crippen LogP contribution in [0, 0.1) is 0 Å². The quantitative estimate of drug-likeness (QED) is 0.630. The van der Waals surface area contributed by atoms with E-state index in [4.69, 9.17) is 9.72 Å². The van der Waals surface area contributed by atoms with Gasteiger partial charge in [-0.05, 0) is 49.6 Å². The second-order valence-electron chi connectivity index (χ2n) is 5.78. The summed E-state index contributed by atoms with van der Waals surface area (Å²) < 4.78 is 5.50. The van der Waals surface area contributed by atoms with Gasteiger partial charge in [0.2, 0.25) is 0 Å². The number of pyridine rings is 1. The number of ether oxygens (including phenoxy) is 1. The summed E-state index contributed by atoms with van der Waals surface area (Å²) >= 11 is 1.71. The van der Waals surface area contributed by atoms with Gasteiger partial charge in [0.1, 0.15) is 5.75 Å². The molecule has 4 nitrogen and oxygen atoms in total. The van der Waals surface area contributed by atoms with Gasteiger partial charge < -0.3 is 10.1 Å². The van der Waals surface area contributed by atoms with Crippen molar-refractivity contribution in [2.24, 2.45) is 0 Å². The molecule has 3 aromatic rings. The minimum absolute atomic E-state index is 0.0650.